The van der Waals surface area contributed by atoms with E-state index in [2.05, 4.69) is 11.4 Å². The molecule has 158 valence electrons. The normalized spacial score (nSPS) is 16.3. The van der Waals surface area contributed by atoms with Crippen LogP contribution in [0.3, 0.4) is 0 Å². The number of benzene rings is 1. The number of para-hydroxylation sites is 1. The SMILES string of the molecule is O=C(COC(=O)c1c2c(nc3ccccc13)CCCCC2)NCCC1=CCCCC1. The fourth-order valence-electron chi connectivity index (χ4n) is 4.53. The highest BCUT2D eigenvalue weighted by Gasteiger charge is 2.23. The number of carbonyl (C=O) groups is 2. The molecule has 5 heteroatoms. The Morgan fingerprint density at radius 2 is 1.83 bits per heavy atom. The fourth-order valence-corrected chi connectivity index (χ4v) is 4.53. The van der Waals surface area contributed by atoms with Crippen molar-refractivity contribution in [3.8, 4) is 0 Å². The van der Waals surface area contributed by atoms with Crippen LogP contribution in [0, 0.1) is 0 Å². The van der Waals surface area contributed by atoms with E-state index < -0.39 is 5.97 Å². The average Bonchev–Trinajstić information content (AvgIpc) is 3.01. The second-order valence-electron chi connectivity index (χ2n) is 8.27. The maximum atomic E-state index is 13.0. The summed E-state index contributed by atoms with van der Waals surface area (Å²) < 4.78 is 5.45. The Morgan fingerprint density at radius 1 is 1.00 bits per heavy atom. The number of esters is 1. The Bertz CT molecular complexity index is 964. The molecule has 1 aromatic carbocycles. The summed E-state index contributed by atoms with van der Waals surface area (Å²) >= 11 is 0. The third kappa shape index (κ3) is 4.89. The Labute approximate surface area is 177 Å². The first-order chi connectivity index (χ1) is 14.7. The topological polar surface area (TPSA) is 68.3 Å². The largest absolute Gasteiger partial charge is 0.452 e. The van der Waals surface area contributed by atoms with E-state index in [-0.39, 0.29) is 12.5 Å². The van der Waals surface area contributed by atoms with Gasteiger partial charge >= 0.3 is 5.97 Å². The number of ether oxygens (including phenoxy) is 1. The molecule has 2 aromatic rings. The third-order valence-corrected chi connectivity index (χ3v) is 6.11. The number of fused-ring (bicyclic) bond motifs is 2. The summed E-state index contributed by atoms with van der Waals surface area (Å²) in [5.41, 5.74) is 4.83. The molecule has 0 fully saturated rings. The molecule has 0 atom stereocenters. The molecule has 1 N–H and O–H groups in total. The molecule has 2 aliphatic rings. The minimum atomic E-state index is -0.420. The Balaban J connectivity index is 1.42. The predicted octanol–water partition coefficient (Wildman–Crippen LogP) is 4.67. The van der Waals surface area contributed by atoms with Crippen LogP contribution < -0.4 is 5.32 Å². The molecule has 0 radical (unpaired) electrons. The average molecular weight is 407 g/mol. The van der Waals surface area contributed by atoms with E-state index in [0.717, 1.165) is 73.5 Å². The second-order valence-corrected chi connectivity index (χ2v) is 8.27. The van der Waals surface area contributed by atoms with Gasteiger partial charge in [0.15, 0.2) is 6.61 Å². The van der Waals surface area contributed by atoms with Crippen molar-refractivity contribution in [2.24, 2.45) is 0 Å². The van der Waals surface area contributed by atoms with Crippen LogP contribution in [-0.4, -0.2) is 30.0 Å². The predicted molar refractivity (Wildman–Crippen MR) is 117 cm³/mol. The summed E-state index contributed by atoms with van der Waals surface area (Å²) in [5.74, 6) is -0.666. The molecule has 1 heterocycles. The summed E-state index contributed by atoms with van der Waals surface area (Å²) in [7, 11) is 0. The maximum Gasteiger partial charge on any atom is 0.339 e. The molecule has 5 nitrogen and oxygen atoms in total. The van der Waals surface area contributed by atoms with Gasteiger partial charge in [0.25, 0.3) is 5.91 Å². The van der Waals surface area contributed by atoms with Crippen molar-refractivity contribution in [2.45, 2.75) is 64.2 Å². The minimum Gasteiger partial charge on any atom is -0.452 e. The van der Waals surface area contributed by atoms with Gasteiger partial charge in [-0.2, -0.15) is 0 Å². The summed E-state index contributed by atoms with van der Waals surface area (Å²) in [6, 6.07) is 7.70. The summed E-state index contributed by atoms with van der Waals surface area (Å²) in [5, 5.41) is 3.69. The Kier molecular flexibility index (Phi) is 6.77. The van der Waals surface area contributed by atoms with Gasteiger partial charge in [-0.3, -0.25) is 9.78 Å². The van der Waals surface area contributed by atoms with Crippen LogP contribution in [0.4, 0.5) is 0 Å². The van der Waals surface area contributed by atoms with E-state index in [0.29, 0.717) is 12.1 Å². The number of aryl methyl sites for hydroxylation is 1. The van der Waals surface area contributed by atoms with Crippen LogP contribution in [0.2, 0.25) is 0 Å². The Morgan fingerprint density at radius 3 is 2.70 bits per heavy atom. The molecule has 0 spiro atoms. The molecule has 0 bridgehead atoms. The number of nitrogens with one attached hydrogen (secondary N) is 1. The van der Waals surface area contributed by atoms with Gasteiger partial charge in [0, 0.05) is 17.6 Å². The van der Waals surface area contributed by atoms with Crippen LogP contribution >= 0.6 is 0 Å². The first-order valence-electron chi connectivity index (χ1n) is 11.2. The molecule has 0 saturated carbocycles. The smallest absolute Gasteiger partial charge is 0.339 e. The summed E-state index contributed by atoms with van der Waals surface area (Å²) in [4.78, 5) is 30.0. The highest BCUT2D eigenvalue weighted by atomic mass is 16.5. The van der Waals surface area contributed by atoms with E-state index in [4.69, 9.17) is 9.72 Å². The van der Waals surface area contributed by atoms with Gasteiger partial charge < -0.3 is 10.1 Å². The van der Waals surface area contributed by atoms with Crippen molar-refractivity contribution >= 4 is 22.8 Å². The number of hydrogen-bond donors (Lipinski definition) is 1. The lowest BCUT2D eigenvalue weighted by Gasteiger charge is -2.15. The molecule has 0 unspecified atom stereocenters. The zero-order chi connectivity index (χ0) is 20.8. The molecule has 4 rings (SSSR count). The van der Waals surface area contributed by atoms with Crippen LogP contribution in [0.15, 0.2) is 35.9 Å². The first kappa shape index (κ1) is 20.6. The monoisotopic (exact) mass is 406 g/mol. The molecular formula is C25H30N2O3. The van der Waals surface area contributed by atoms with Gasteiger partial charge in [0.05, 0.1) is 11.1 Å². The number of amides is 1. The zero-order valence-corrected chi connectivity index (χ0v) is 17.5. The number of allylic oxidation sites excluding steroid dienone is 1. The lowest BCUT2D eigenvalue weighted by Crippen LogP contribution is -2.30. The highest BCUT2D eigenvalue weighted by molar-refractivity contribution is 6.05. The van der Waals surface area contributed by atoms with Crippen molar-refractivity contribution in [3.63, 3.8) is 0 Å². The van der Waals surface area contributed by atoms with Crippen molar-refractivity contribution in [2.75, 3.05) is 13.2 Å². The van der Waals surface area contributed by atoms with E-state index in [1.165, 1.54) is 18.4 Å². The van der Waals surface area contributed by atoms with Crippen molar-refractivity contribution < 1.29 is 14.3 Å². The lowest BCUT2D eigenvalue weighted by atomic mass is 9.97. The minimum absolute atomic E-state index is 0.246. The van der Waals surface area contributed by atoms with E-state index in [1.807, 2.05) is 24.3 Å². The maximum absolute atomic E-state index is 13.0. The van der Waals surface area contributed by atoms with Gasteiger partial charge in [0.1, 0.15) is 0 Å². The number of nitrogens with zero attached hydrogens (tertiary/aromatic N) is 1. The van der Waals surface area contributed by atoms with Crippen molar-refractivity contribution in [1.82, 2.24) is 10.3 Å². The molecular weight excluding hydrogens is 376 g/mol. The molecule has 0 saturated heterocycles. The second kappa shape index (κ2) is 9.88. The van der Waals surface area contributed by atoms with Crippen LogP contribution in [0.5, 0.6) is 0 Å². The van der Waals surface area contributed by atoms with Crippen LogP contribution in [0.1, 0.15) is 73.0 Å². The Hall–Kier alpha value is -2.69. The number of aromatic nitrogens is 1. The van der Waals surface area contributed by atoms with E-state index in [9.17, 15) is 9.59 Å². The molecule has 0 aliphatic heterocycles. The molecule has 1 aromatic heterocycles. The molecule has 30 heavy (non-hydrogen) atoms. The lowest BCUT2D eigenvalue weighted by molar-refractivity contribution is -0.124. The van der Waals surface area contributed by atoms with E-state index in [1.54, 1.807) is 0 Å². The molecule has 2 aliphatic carbocycles. The van der Waals surface area contributed by atoms with Crippen LogP contribution in [-0.2, 0) is 22.4 Å². The number of rotatable bonds is 6. The van der Waals surface area contributed by atoms with Gasteiger partial charge in [-0.05, 0) is 69.4 Å². The number of pyridine rings is 1. The van der Waals surface area contributed by atoms with Gasteiger partial charge in [-0.25, -0.2) is 4.79 Å². The van der Waals surface area contributed by atoms with Crippen molar-refractivity contribution in [3.05, 3.63) is 52.7 Å². The number of carbonyl (C=O) groups excluding carboxylic acids is 2. The summed E-state index contributed by atoms with van der Waals surface area (Å²) in [6.45, 7) is 0.346. The third-order valence-electron chi connectivity index (χ3n) is 6.11. The van der Waals surface area contributed by atoms with Gasteiger partial charge in [-0.15, -0.1) is 0 Å². The standard InChI is InChI=1S/C25H30N2O3/c28-23(26-16-15-18-9-3-1-4-10-18)17-30-25(29)24-19-11-5-2-6-13-21(19)27-22-14-8-7-12-20(22)24/h7-9,12,14H,1-6,10-11,13,15-17H2,(H,26,28). The number of hydrogen-bond acceptors (Lipinski definition) is 4. The molecule has 1 amide bonds. The van der Waals surface area contributed by atoms with Gasteiger partial charge in [0.2, 0.25) is 0 Å². The fraction of sp³-hybridized carbons (Fsp3) is 0.480. The zero-order valence-electron chi connectivity index (χ0n) is 17.5. The highest BCUT2D eigenvalue weighted by Crippen LogP contribution is 2.29. The van der Waals surface area contributed by atoms with E-state index >= 15 is 0 Å². The quantitative estimate of drug-likeness (QED) is 0.430. The van der Waals surface area contributed by atoms with Gasteiger partial charge in [-0.1, -0.05) is 36.3 Å². The first-order valence-corrected chi connectivity index (χ1v) is 11.2. The van der Waals surface area contributed by atoms with Crippen LogP contribution in [0.25, 0.3) is 10.9 Å². The van der Waals surface area contributed by atoms with Crippen molar-refractivity contribution in [1.29, 1.82) is 0 Å². The summed E-state index contributed by atoms with van der Waals surface area (Å²) in [6.07, 6.45) is 12.9.